The highest BCUT2D eigenvalue weighted by molar-refractivity contribution is 5.79. The fourth-order valence-electron chi connectivity index (χ4n) is 2.26. The van der Waals surface area contributed by atoms with E-state index in [-0.39, 0.29) is 0 Å². The van der Waals surface area contributed by atoms with Gasteiger partial charge in [-0.1, -0.05) is 0 Å². The number of hydrogen-bond acceptors (Lipinski definition) is 3. The van der Waals surface area contributed by atoms with Crippen LogP contribution in [0.1, 0.15) is 25.3 Å². The van der Waals surface area contributed by atoms with Crippen molar-refractivity contribution in [3.8, 4) is 11.5 Å². The molecule has 122 valence electrons. The van der Waals surface area contributed by atoms with Crippen LogP contribution in [-0.2, 0) is 6.42 Å². The van der Waals surface area contributed by atoms with Crippen LogP contribution in [0, 0.1) is 5.92 Å². The number of benzene rings is 1. The van der Waals surface area contributed by atoms with Crippen LogP contribution in [0.25, 0.3) is 0 Å². The van der Waals surface area contributed by atoms with Crippen LogP contribution in [0.2, 0.25) is 0 Å². The van der Waals surface area contributed by atoms with E-state index in [9.17, 15) is 0 Å². The molecule has 1 fully saturated rings. The summed E-state index contributed by atoms with van der Waals surface area (Å²) in [6, 6.07) is 5.88. The average Bonchev–Trinajstić information content (AvgIpc) is 3.36. The lowest BCUT2D eigenvalue weighted by Crippen LogP contribution is -2.38. The van der Waals surface area contributed by atoms with Crippen molar-refractivity contribution in [2.45, 2.75) is 26.2 Å². The second-order valence-corrected chi connectivity index (χ2v) is 5.52. The summed E-state index contributed by atoms with van der Waals surface area (Å²) in [6.07, 6.45) is 3.50. The molecule has 0 atom stereocenters. The standard InChI is InChI=1S/C17H27N3O2/c1-4-18-17(20-12-13-5-6-13)19-10-9-14-11-15(21-2)7-8-16(14)22-3/h7-8,11,13H,4-6,9-10,12H2,1-3H3,(H2,18,19,20). The molecule has 0 spiro atoms. The van der Waals surface area contributed by atoms with Crippen molar-refractivity contribution in [1.29, 1.82) is 0 Å². The zero-order chi connectivity index (χ0) is 15.8. The lowest BCUT2D eigenvalue weighted by Gasteiger charge is -2.13. The maximum atomic E-state index is 5.41. The smallest absolute Gasteiger partial charge is 0.191 e. The fourth-order valence-corrected chi connectivity index (χ4v) is 2.26. The molecule has 0 amide bonds. The maximum absolute atomic E-state index is 5.41. The topological polar surface area (TPSA) is 54.9 Å². The summed E-state index contributed by atoms with van der Waals surface area (Å²) >= 11 is 0. The van der Waals surface area contributed by atoms with Crippen LogP contribution in [0.15, 0.2) is 23.2 Å². The molecule has 5 heteroatoms. The summed E-state index contributed by atoms with van der Waals surface area (Å²) in [5.74, 6) is 3.44. The first-order valence-electron chi connectivity index (χ1n) is 8.00. The zero-order valence-electron chi connectivity index (χ0n) is 13.8. The Morgan fingerprint density at radius 2 is 2.05 bits per heavy atom. The Kier molecular flexibility index (Phi) is 6.37. The summed E-state index contributed by atoms with van der Waals surface area (Å²) in [5, 5.41) is 6.67. The molecule has 2 rings (SSSR count). The van der Waals surface area contributed by atoms with E-state index in [4.69, 9.17) is 9.47 Å². The van der Waals surface area contributed by atoms with Crippen molar-refractivity contribution in [1.82, 2.24) is 10.6 Å². The first-order valence-corrected chi connectivity index (χ1v) is 8.00. The first-order chi connectivity index (χ1) is 10.8. The molecule has 1 aliphatic carbocycles. The number of aliphatic imine (C=N–C) groups is 1. The minimum Gasteiger partial charge on any atom is -0.497 e. The third-order valence-corrected chi connectivity index (χ3v) is 3.72. The van der Waals surface area contributed by atoms with Gasteiger partial charge in [-0.2, -0.15) is 0 Å². The molecule has 0 radical (unpaired) electrons. The summed E-state index contributed by atoms with van der Waals surface area (Å²) in [5.41, 5.74) is 1.13. The van der Waals surface area contributed by atoms with E-state index in [1.54, 1.807) is 14.2 Å². The second-order valence-electron chi connectivity index (χ2n) is 5.52. The van der Waals surface area contributed by atoms with Gasteiger partial charge in [-0.05, 0) is 55.9 Å². The minimum absolute atomic E-state index is 0.800. The van der Waals surface area contributed by atoms with E-state index < -0.39 is 0 Å². The lowest BCUT2D eigenvalue weighted by molar-refractivity contribution is 0.398. The summed E-state index contributed by atoms with van der Waals surface area (Å²) in [4.78, 5) is 4.62. The van der Waals surface area contributed by atoms with Crippen LogP contribution < -0.4 is 20.1 Å². The molecule has 2 N–H and O–H groups in total. The monoisotopic (exact) mass is 305 g/mol. The van der Waals surface area contributed by atoms with Gasteiger partial charge in [0.05, 0.1) is 14.2 Å². The van der Waals surface area contributed by atoms with Gasteiger partial charge in [0.25, 0.3) is 0 Å². The van der Waals surface area contributed by atoms with E-state index in [0.717, 1.165) is 55.0 Å². The molecule has 1 saturated carbocycles. The summed E-state index contributed by atoms with van der Waals surface area (Å²) in [7, 11) is 3.37. The predicted molar refractivity (Wildman–Crippen MR) is 90.0 cm³/mol. The third-order valence-electron chi connectivity index (χ3n) is 3.72. The van der Waals surface area contributed by atoms with Gasteiger partial charge in [0.1, 0.15) is 11.5 Å². The molecule has 1 aromatic carbocycles. The largest absolute Gasteiger partial charge is 0.497 e. The quantitative estimate of drug-likeness (QED) is 0.571. The highest BCUT2D eigenvalue weighted by Crippen LogP contribution is 2.28. The molecule has 0 aromatic heterocycles. The Hall–Kier alpha value is -1.91. The maximum Gasteiger partial charge on any atom is 0.191 e. The molecule has 0 heterocycles. The van der Waals surface area contributed by atoms with Crippen LogP contribution in [0.5, 0.6) is 11.5 Å². The van der Waals surface area contributed by atoms with Crippen molar-refractivity contribution in [3.05, 3.63) is 23.8 Å². The fraction of sp³-hybridized carbons (Fsp3) is 0.588. The van der Waals surface area contributed by atoms with E-state index in [0.29, 0.717) is 0 Å². The first kappa shape index (κ1) is 16.5. The molecule has 1 aliphatic rings. The Bertz CT molecular complexity index is 499. The highest BCUT2D eigenvalue weighted by Gasteiger charge is 2.20. The van der Waals surface area contributed by atoms with Crippen molar-refractivity contribution in [2.24, 2.45) is 10.9 Å². The van der Waals surface area contributed by atoms with Gasteiger partial charge in [0.2, 0.25) is 0 Å². The van der Waals surface area contributed by atoms with Crippen LogP contribution in [-0.4, -0.2) is 39.8 Å². The summed E-state index contributed by atoms with van der Waals surface area (Å²) in [6.45, 7) is 4.69. The molecule has 5 nitrogen and oxygen atoms in total. The van der Waals surface area contributed by atoms with Crippen LogP contribution in [0.3, 0.4) is 0 Å². The molecule has 1 aromatic rings. The molecule has 22 heavy (non-hydrogen) atoms. The molecular weight excluding hydrogens is 278 g/mol. The van der Waals surface area contributed by atoms with Crippen molar-refractivity contribution >= 4 is 5.96 Å². The van der Waals surface area contributed by atoms with Gasteiger partial charge >= 0.3 is 0 Å². The summed E-state index contributed by atoms with van der Waals surface area (Å²) < 4.78 is 10.7. The Labute approximate surface area is 133 Å². The third kappa shape index (κ3) is 5.13. The Balaban J connectivity index is 1.88. The van der Waals surface area contributed by atoms with E-state index in [2.05, 4.69) is 22.5 Å². The predicted octanol–water partition coefficient (Wildman–Crippen LogP) is 2.21. The van der Waals surface area contributed by atoms with Gasteiger partial charge < -0.3 is 20.1 Å². The van der Waals surface area contributed by atoms with Crippen LogP contribution in [0.4, 0.5) is 0 Å². The number of nitrogens with one attached hydrogen (secondary N) is 2. The number of methoxy groups -OCH3 is 2. The van der Waals surface area contributed by atoms with Gasteiger partial charge in [0.15, 0.2) is 5.96 Å². The van der Waals surface area contributed by atoms with Crippen molar-refractivity contribution in [2.75, 3.05) is 33.9 Å². The van der Waals surface area contributed by atoms with E-state index in [1.807, 2.05) is 18.2 Å². The SMILES string of the molecule is CCNC(=NCC1CC1)NCCc1cc(OC)ccc1OC. The van der Waals surface area contributed by atoms with E-state index >= 15 is 0 Å². The highest BCUT2D eigenvalue weighted by atomic mass is 16.5. The van der Waals surface area contributed by atoms with Gasteiger partial charge in [-0.3, -0.25) is 4.99 Å². The van der Waals surface area contributed by atoms with Crippen molar-refractivity contribution in [3.63, 3.8) is 0 Å². The van der Waals surface area contributed by atoms with Gasteiger partial charge in [-0.15, -0.1) is 0 Å². The second kappa shape index (κ2) is 8.51. The van der Waals surface area contributed by atoms with E-state index in [1.165, 1.54) is 12.8 Å². The van der Waals surface area contributed by atoms with Gasteiger partial charge in [-0.25, -0.2) is 0 Å². The number of hydrogen-bond donors (Lipinski definition) is 2. The molecular formula is C17H27N3O2. The number of rotatable bonds is 8. The lowest BCUT2D eigenvalue weighted by atomic mass is 10.1. The minimum atomic E-state index is 0.800. The molecule has 0 bridgehead atoms. The van der Waals surface area contributed by atoms with Crippen LogP contribution >= 0.6 is 0 Å². The van der Waals surface area contributed by atoms with Crippen molar-refractivity contribution < 1.29 is 9.47 Å². The van der Waals surface area contributed by atoms with Gasteiger partial charge in [0, 0.05) is 19.6 Å². The number of nitrogens with zero attached hydrogens (tertiary/aromatic N) is 1. The Morgan fingerprint density at radius 1 is 1.23 bits per heavy atom. The average molecular weight is 305 g/mol. The molecule has 0 saturated heterocycles. The molecule has 0 aliphatic heterocycles. The normalized spacial score (nSPS) is 14.6. The molecule has 0 unspecified atom stereocenters. The number of ether oxygens (including phenoxy) is 2. The Morgan fingerprint density at radius 3 is 2.68 bits per heavy atom. The number of guanidine groups is 1. The zero-order valence-corrected chi connectivity index (χ0v) is 13.8.